The smallest absolute Gasteiger partial charge is 0.234 e. The van der Waals surface area contributed by atoms with Crippen LogP contribution in [0, 0.1) is 0 Å². The largest absolute Gasteiger partial charge is 0.355 e. The van der Waals surface area contributed by atoms with Crippen LogP contribution in [-0.2, 0) is 11.3 Å². The quantitative estimate of drug-likeness (QED) is 0.550. The van der Waals surface area contributed by atoms with Crippen molar-refractivity contribution in [3.63, 3.8) is 0 Å². The van der Waals surface area contributed by atoms with Gasteiger partial charge in [-0.25, -0.2) is 0 Å². The molecule has 1 heterocycles. The van der Waals surface area contributed by atoms with E-state index in [0.717, 1.165) is 18.5 Å². The molecule has 4 nitrogen and oxygen atoms in total. The van der Waals surface area contributed by atoms with Gasteiger partial charge in [0.2, 0.25) is 5.91 Å². The average Bonchev–Trinajstić information content (AvgIpc) is 3.64. The topological polar surface area (TPSA) is 45.2 Å². The van der Waals surface area contributed by atoms with Crippen LogP contribution in [0.5, 0.6) is 0 Å². The Morgan fingerprint density at radius 2 is 1.63 bits per heavy atom. The summed E-state index contributed by atoms with van der Waals surface area (Å²) in [5.74, 6) is 0.383. The monoisotopic (exact) mass is 399 g/mol. The summed E-state index contributed by atoms with van der Waals surface area (Å²) >= 11 is 0. The van der Waals surface area contributed by atoms with Crippen molar-refractivity contribution in [2.24, 2.45) is 0 Å². The van der Waals surface area contributed by atoms with Crippen LogP contribution in [0.1, 0.15) is 41.9 Å². The Kier molecular flexibility index (Phi) is 6.88. The van der Waals surface area contributed by atoms with Crippen molar-refractivity contribution in [1.82, 2.24) is 15.2 Å². The Morgan fingerprint density at radius 1 is 0.967 bits per heavy atom. The highest BCUT2D eigenvalue weighted by Crippen LogP contribution is 2.28. The van der Waals surface area contributed by atoms with Crippen LogP contribution in [-0.4, -0.2) is 34.9 Å². The Balaban J connectivity index is 1.33. The molecule has 0 spiro atoms. The molecule has 30 heavy (non-hydrogen) atoms. The fraction of sp³-hybridized carbons (Fsp3) is 0.308. The predicted molar refractivity (Wildman–Crippen MR) is 120 cm³/mol. The third kappa shape index (κ3) is 5.77. The fourth-order valence-electron chi connectivity index (χ4n) is 3.97. The van der Waals surface area contributed by atoms with E-state index in [0.29, 0.717) is 19.1 Å². The lowest BCUT2D eigenvalue weighted by molar-refractivity contribution is -0.122. The lowest BCUT2D eigenvalue weighted by Crippen LogP contribution is -2.38. The van der Waals surface area contributed by atoms with E-state index in [1.54, 1.807) is 6.20 Å². The second-order valence-corrected chi connectivity index (χ2v) is 8.01. The van der Waals surface area contributed by atoms with Gasteiger partial charge in [-0.05, 0) is 42.0 Å². The molecule has 4 rings (SSSR count). The lowest BCUT2D eigenvalue weighted by Gasteiger charge is -2.22. The first-order valence-corrected chi connectivity index (χ1v) is 10.8. The van der Waals surface area contributed by atoms with Gasteiger partial charge >= 0.3 is 0 Å². The zero-order valence-electron chi connectivity index (χ0n) is 17.3. The minimum atomic E-state index is 0.102. The lowest BCUT2D eigenvalue weighted by atomic mass is 9.88. The van der Waals surface area contributed by atoms with E-state index in [4.69, 9.17) is 0 Å². The maximum Gasteiger partial charge on any atom is 0.234 e. The molecule has 0 bridgehead atoms. The van der Waals surface area contributed by atoms with Crippen LogP contribution in [0.4, 0.5) is 0 Å². The zero-order chi connectivity index (χ0) is 20.6. The van der Waals surface area contributed by atoms with Crippen molar-refractivity contribution in [2.45, 2.75) is 37.8 Å². The molecule has 1 aromatic heterocycles. The highest BCUT2D eigenvalue weighted by Gasteiger charge is 2.30. The second-order valence-electron chi connectivity index (χ2n) is 8.01. The van der Waals surface area contributed by atoms with Gasteiger partial charge in [0.05, 0.1) is 6.54 Å². The molecule has 154 valence electrons. The summed E-state index contributed by atoms with van der Waals surface area (Å²) in [6.07, 6.45) is 6.91. The van der Waals surface area contributed by atoms with Crippen LogP contribution >= 0.6 is 0 Å². The number of rotatable bonds is 10. The van der Waals surface area contributed by atoms with E-state index in [9.17, 15) is 4.79 Å². The SMILES string of the molecule is O=C(CN(Cc1cccnc1)C1CC1)NCCC(c1ccccc1)c1ccccc1. The minimum Gasteiger partial charge on any atom is -0.355 e. The first-order chi connectivity index (χ1) is 14.8. The molecule has 0 unspecified atom stereocenters. The van der Waals surface area contributed by atoms with Crippen LogP contribution in [0.2, 0.25) is 0 Å². The van der Waals surface area contributed by atoms with Crippen molar-refractivity contribution in [1.29, 1.82) is 0 Å². The molecule has 1 aliphatic carbocycles. The molecule has 0 aliphatic heterocycles. The van der Waals surface area contributed by atoms with Crippen LogP contribution in [0.25, 0.3) is 0 Å². The van der Waals surface area contributed by atoms with Crippen molar-refractivity contribution in [2.75, 3.05) is 13.1 Å². The van der Waals surface area contributed by atoms with Gasteiger partial charge in [-0.1, -0.05) is 66.7 Å². The molecule has 1 amide bonds. The van der Waals surface area contributed by atoms with Crippen LogP contribution in [0.3, 0.4) is 0 Å². The second kappa shape index (κ2) is 10.2. The highest BCUT2D eigenvalue weighted by atomic mass is 16.2. The van der Waals surface area contributed by atoms with E-state index in [2.05, 4.69) is 69.8 Å². The summed E-state index contributed by atoms with van der Waals surface area (Å²) in [5, 5.41) is 3.16. The summed E-state index contributed by atoms with van der Waals surface area (Å²) in [5.41, 5.74) is 3.73. The Hall–Kier alpha value is -2.98. The van der Waals surface area contributed by atoms with Gasteiger partial charge in [-0.15, -0.1) is 0 Å². The van der Waals surface area contributed by atoms with Gasteiger partial charge in [0.25, 0.3) is 0 Å². The maximum atomic E-state index is 12.7. The van der Waals surface area contributed by atoms with Gasteiger partial charge in [-0.2, -0.15) is 0 Å². The van der Waals surface area contributed by atoms with E-state index in [1.807, 2.05) is 24.4 Å². The predicted octanol–water partition coefficient (Wildman–Crippen LogP) is 4.38. The van der Waals surface area contributed by atoms with Crippen LogP contribution < -0.4 is 5.32 Å². The summed E-state index contributed by atoms with van der Waals surface area (Å²) in [4.78, 5) is 19.1. The normalized spacial score (nSPS) is 13.5. The molecule has 4 heteroatoms. The van der Waals surface area contributed by atoms with Crippen molar-refractivity contribution >= 4 is 5.91 Å². The van der Waals surface area contributed by atoms with Crippen molar-refractivity contribution in [3.05, 3.63) is 102 Å². The number of nitrogens with one attached hydrogen (secondary N) is 1. The average molecular weight is 400 g/mol. The standard InChI is InChI=1S/C26H29N3O/c30-26(20-29(24-13-14-24)19-21-8-7-16-27-18-21)28-17-15-25(22-9-3-1-4-10-22)23-11-5-2-6-12-23/h1-12,16,18,24-25H,13-15,17,19-20H2,(H,28,30). The van der Waals surface area contributed by atoms with Crippen LogP contribution in [0.15, 0.2) is 85.2 Å². The fourth-order valence-corrected chi connectivity index (χ4v) is 3.97. The summed E-state index contributed by atoms with van der Waals surface area (Å²) in [6.45, 7) is 1.89. The highest BCUT2D eigenvalue weighted by molar-refractivity contribution is 5.78. The van der Waals surface area contributed by atoms with Crippen molar-refractivity contribution in [3.8, 4) is 0 Å². The molecule has 0 saturated heterocycles. The van der Waals surface area contributed by atoms with E-state index in [1.165, 1.54) is 24.0 Å². The van der Waals surface area contributed by atoms with E-state index in [-0.39, 0.29) is 11.8 Å². The zero-order valence-corrected chi connectivity index (χ0v) is 17.3. The number of hydrogen-bond acceptors (Lipinski definition) is 3. The van der Waals surface area contributed by atoms with Crippen molar-refractivity contribution < 1.29 is 4.79 Å². The maximum absolute atomic E-state index is 12.7. The summed E-state index contributed by atoms with van der Waals surface area (Å²) in [6, 6.07) is 25.6. The van der Waals surface area contributed by atoms with E-state index < -0.39 is 0 Å². The molecule has 1 saturated carbocycles. The minimum absolute atomic E-state index is 0.102. The number of benzene rings is 2. The number of carbonyl (C=O) groups excluding carboxylic acids is 1. The molecular weight excluding hydrogens is 370 g/mol. The number of nitrogens with zero attached hydrogens (tertiary/aromatic N) is 2. The molecule has 1 N–H and O–H groups in total. The van der Waals surface area contributed by atoms with Gasteiger partial charge < -0.3 is 5.32 Å². The van der Waals surface area contributed by atoms with Gasteiger partial charge in [0, 0.05) is 37.4 Å². The number of amides is 1. The molecule has 2 aromatic carbocycles. The number of aromatic nitrogens is 1. The molecular formula is C26H29N3O. The third-order valence-corrected chi connectivity index (χ3v) is 5.68. The number of hydrogen-bond donors (Lipinski definition) is 1. The summed E-state index contributed by atoms with van der Waals surface area (Å²) < 4.78 is 0. The Bertz CT molecular complexity index is 871. The number of pyridine rings is 1. The molecule has 3 aromatic rings. The third-order valence-electron chi connectivity index (χ3n) is 5.68. The Labute approximate surface area is 179 Å². The van der Waals surface area contributed by atoms with E-state index >= 15 is 0 Å². The number of carbonyl (C=O) groups is 1. The van der Waals surface area contributed by atoms with Gasteiger partial charge in [-0.3, -0.25) is 14.7 Å². The summed E-state index contributed by atoms with van der Waals surface area (Å²) in [7, 11) is 0. The first kappa shape index (κ1) is 20.3. The van der Waals surface area contributed by atoms with Gasteiger partial charge in [0.15, 0.2) is 0 Å². The molecule has 1 fully saturated rings. The van der Waals surface area contributed by atoms with Gasteiger partial charge in [0.1, 0.15) is 0 Å². The molecule has 0 atom stereocenters. The first-order valence-electron chi connectivity index (χ1n) is 10.8. The Morgan fingerprint density at radius 3 is 2.20 bits per heavy atom. The molecule has 1 aliphatic rings. The molecule has 0 radical (unpaired) electrons.